The van der Waals surface area contributed by atoms with E-state index in [-0.39, 0.29) is 45.9 Å². The molecular formula is C26H27Cl3N6O5S. The van der Waals surface area contributed by atoms with Crippen LogP contribution in [-0.2, 0) is 21.4 Å². The smallest absolute Gasteiger partial charge is 0.422 e. The number of rotatable bonds is 10. The molecule has 2 heterocycles. The average molecular weight is 642 g/mol. The summed E-state index contributed by atoms with van der Waals surface area (Å²) in [5.74, 6) is 0.242. The van der Waals surface area contributed by atoms with E-state index in [1.54, 1.807) is 16.9 Å². The number of carbonyl (C=O) groups is 1. The Kier molecular flexibility index (Phi) is 9.48. The van der Waals surface area contributed by atoms with Gasteiger partial charge in [-0.3, -0.25) is 9.52 Å². The largest absolute Gasteiger partial charge is 0.449 e. The van der Waals surface area contributed by atoms with Crippen LogP contribution >= 0.6 is 34.8 Å². The Morgan fingerprint density at radius 1 is 1.12 bits per heavy atom. The fraction of sp³-hybridized carbons (Fsp3) is 0.308. The summed E-state index contributed by atoms with van der Waals surface area (Å²) in [5, 5.41) is 5.78. The predicted molar refractivity (Wildman–Crippen MR) is 160 cm³/mol. The lowest BCUT2D eigenvalue weighted by Gasteiger charge is -2.11. The molecule has 4 rings (SSSR count). The van der Waals surface area contributed by atoms with E-state index in [9.17, 15) is 18.0 Å². The van der Waals surface area contributed by atoms with Gasteiger partial charge in [-0.2, -0.15) is 13.5 Å². The minimum absolute atomic E-state index is 0.0960. The first-order valence-electron chi connectivity index (χ1n) is 12.6. The van der Waals surface area contributed by atoms with Crippen molar-refractivity contribution in [2.45, 2.75) is 46.0 Å². The van der Waals surface area contributed by atoms with Gasteiger partial charge in [0.2, 0.25) is 0 Å². The molecule has 41 heavy (non-hydrogen) atoms. The molecule has 0 saturated carbocycles. The van der Waals surface area contributed by atoms with Crippen LogP contribution in [0.3, 0.4) is 0 Å². The number of nitrogens with one attached hydrogen (secondary N) is 3. The first-order chi connectivity index (χ1) is 19.4. The van der Waals surface area contributed by atoms with E-state index < -0.39 is 16.3 Å². The summed E-state index contributed by atoms with van der Waals surface area (Å²) >= 11 is 19.0. The van der Waals surface area contributed by atoms with Crippen LogP contribution in [0.15, 0.2) is 41.2 Å². The number of aromatic nitrogens is 4. The highest BCUT2D eigenvalue weighted by atomic mass is 35.5. The molecule has 0 fully saturated rings. The van der Waals surface area contributed by atoms with E-state index in [1.807, 2.05) is 20.8 Å². The molecular weight excluding hydrogens is 615 g/mol. The molecule has 3 N–H and O–H groups in total. The Balaban J connectivity index is 1.60. The molecule has 0 aliphatic heterocycles. The second-order valence-corrected chi connectivity index (χ2v) is 12.1. The molecule has 11 nitrogen and oxygen atoms in total. The number of ether oxygens (including phenoxy) is 1. The van der Waals surface area contributed by atoms with Gasteiger partial charge in [0.25, 0.3) is 5.56 Å². The van der Waals surface area contributed by atoms with Gasteiger partial charge in [-0.05, 0) is 42.2 Å². The summed E-state index contributed by atoms with van der Waals surface area (Å²) in [6.07, 6.45) is 0.577. The topological polar surface area (TPSA) is 148 Å². The number of nitrogens with zero attached hydrogens (tertiary/aromatic N) is 3. The molecule has 0 spiro atoms. The standard InChI is InChI=1S/C26H27Cl3N6O5S/c1-4-5-10-40-26(37)34-41(38,39)33-17-8-6-15(7-9-17)11-20-30-24-21(25(36)31-20)22(14(2)3)32-35(24)23-18(28)12-16(27)13-19(23)29/h6-9,12-14,33H,4-5,10-11H2,1-3H3,(H,34,37)(H,30,31,36). The number of fused-ring (bicyclic) bond motifs is 1. The van der Waals surface area contributed by atoms with Crippen LogP contribution in [0.1, 0.15) is 56.6 Å². The van der Waals surface area contributed by atoms with Crippen LogP contribution in [0, 0.1) is 0 Å². The van der Waals surface area contributed by atoms with Crippen molar-refractivity contribution in [2.24, 2.45) is 0 Å². The Bertz CT molecular complexity index is 1730. The Morgan fingerprint density at radius 3 is 2.39 bits per heavy atom. The van der Waals surface area contributed by atoms with Crippen LogP contribution in [0.2, 0.25) is 15.1 Å². The molecule has 0 aliphatic carbocycles. The third kappa shape index (κ3) is 7.31. The van der Waals surface area contributed by atoms with E-state index in [2.05, 4.69) is 19.8 Å². The number of hydrogen-bond acceptors (Lipinski definition) is 7. The van der Waals surface area contributed by atoms with Crippen molar-refractivity contribution in [3.05, 3.63) is 78.9 Å². The van der Waals surface area contributed by atoms with Gasteiger partial charge in [-0.1, -0.05) is 74.1 Å². The normalized spacial score (nSPS) is 11.7. The van der Waals surface area contributed by atoms with E-state index in [0.717, 1.165) is 12.0 Å². The molecule has 2 aromatic carbocycles. The van der Waals surface area contributed by atoms with E-state index in [4.69, 9.17) is 39.5 Å². The summed E-state index contributed by atoms with van der Waals surface area (Å²) in [6, 6.07) is 9.41. The van der Waals surface area contributed by atoms with Gasteiger partial charge in [0.15, 0.2) is 5.65 Å². The second-order valence-electron chi connectivity index (χ2n) is 9.45. The molecule has 218 valence electrons. The number of benzene rings is 2. The number of aromatic amines is 1. The average Bonchev–Trinajstić information content (AvgIpc) is 3.24. The number of hydrogen-bond donors (Lipinski definition) is 3. The zero-order valence-corrected chi connectivity index (χ0v) is 25.4. The maximum absolute atomic E-state index is 13.2. The lowest BCUT2D eigenvalue weighted by atomic mass is 10.1. The first kappa shape index (κ1) is 30.6. The van der Waals surface area contributed by atoms with E-state index in [0.29, 0.717) is 34.0 Å². The molecule has 0 saturated heterocycles. The number of carbonyl (C=O) groups excluding carboxylic acids is 1. The molecule has 2 aromatic heterocycles. The number of unbranched alkanes of at least 4 members (excludes halogenated alkanes) is 1. The van der Waals surface area contributed by atoms with Crippen molar-refractivity contribution >= 4 is 67.8 Å². The lowest BCUT2D eigenvalue weighted by Crippen LogP contribution is -2.35. The Morgan fingerprint density at radius 2 is 1.78 bits per heavy atom. The van der Waals surface area contributed by atoms with Crippen molar-refractivity contribution < 1.29 is 17.9 Å². The van der Waals surface area contributed by atoms with Gasteiger partial charge in [0, 0.05) is 11.4 Å². The Labute approximate surface area is 251 Å². The summed E-state index contributed by atoms with van der Waals surface area (Å²) in [7, 11) is -4.19. The molecule has 0 radical (unpaired) electrons. The zero-order valence-electron chi connectivity index (χ0n) is 22.3. The van der Waals surface area contributed by atoms with Crippen LogP contribution in [-0.4, -0.2) is 40.9 Å². The maximum atomic E-state index is 13.2. The second kappa shape index (κ2) is 12.7. The summed E-state index contributed by atoms with van der Waals surface area (Å²) < 4.78 is 34.8. The minimum Gasteiger partial charge on any atom is -0.449 e. The first-order valence-corrected chi connectivity index (χ1v) is 15.2. The van der Waals surface area contributed by atoms with Crippen LogP contribution in [0.4, 0.5) is 10.5 Å². The molecule has 0 aliphatic rings. The van der Waals surface area contributed by atoms with Gasteiger partial charge < -0.3 is 9.72 Å². The van der Waals surface area contributed by atoms with Gasteiger partial charge in [0.05, 0.1) is 28.0 Å². The Hall–Kier alpha value is -3.32. The highest BCUT2D eigenvalue weighted by molar-refractivity contribution is 7.91. The molecule has 4 aromatic rings. The number of H-pyrrole nitrogens is 1. The van der Waals surface area contributed by atoms with Crippen molar-refractivity contribution in [3.63, 3.8) is 0 Å². The molecule has 0 bridgehead atoms. The zero-order chi connectivity index (χ0) is 29.9. The van der Waals surface area contributed by atoms with Crippen molar-refractivity contribution in [1.29, 1.82) is 0 Å². The van der Waals surface area contributed by atoms with Crippen molar-refractivity contribution in [1.82, 2.24) is 24.5 Å². The third-order valence-electron chi connectivity index (χ3n) is 5.88. The van der Waals surface area contributed by atoms with Crippen molar-refractivity contribution in [3.8, 4) is 5.69 Å². The maximum Gasteiger partial charge on any atom is 0.422 e. The fourth-order valence-electron chi connectivity index (χ4n) is 3.99. The van der Waals surface area contributed by atoms with Gasteiger partial charge in [-0.25, -0.2) is 19.2 Å². The summed E-state index contributed by atoms with van der Waals surface area (Å²) in [4.78, 5) is 32.4. The van der Waals surface area contributed by atoms with Gasteiger partial charge in [-0.15, -0.1) is 0 Å². The summed E-state index contributed by atoms with van der Waals surface area (Å²) in [5.41, 5.74) is 1.72. The highest BCUT2D eigenvalue weighted by Gasteiger charge is 2.23. The molecule has 0 unspecified atom stereocenters. The van der Waals surface area contributed by atoms with Gasteiger partial charge >= 0.3 is 16.3 Å². The molecule has 1 amide bonds. The SMILES string of the molecule is CCCCOC(=O)NS(=O)(=O)Nc1ccc(Cc2nc3c(c(C(C)C)nn3-c3c(Cl)cc(Cl)cc3Cl)c(=O)[nH]2)cc1. The number of halogens is 3. The minimum atomic E-state index is -4.19. The van der Waals surface area contributed by atoms with Crippen LogP contribution in [0.5, 0.6) is 0 Å². The predicted octanol–water partition coefficient (Wildman–Crippen LogP) is 5.97. The van der Waals surface area contributed by atoms with Crippen LogP contribution < -0.4 is 15.0 Å². The number of amides is 1. The van der Waals surface area contributed by atoms with E-state index >= 15 is 0 Å². The number of anilines is 1. The molecule has 15 heteroatoms. The van der Waals surface area contributed by atoms with Gasteiger partial charge in [0.1, 0.15) is 16.9 Å². The van der Waals surface area contributed by atoms with E-state index in [1.165, 1.54) is 28.9 Å². The van der Waals surface area contributed by atoms with Crippen LogP contribution in [0.25, 0.3) is 16.7 Å². The highest BCUT2D eigenvalue weighted by Crippen LogP contribution is 2.34. The quantitative estimate of drug-likeness (QED) is 0.181. The summed E-state index contributed by atoms with van der Waals surface area (Å²) in [6.45, 7) is 5.85. The molecule has 0 atom stereocenters. The lowest BCUT2D eigenvalue weighted by molar-refractivity contribution is 0.151. The fourth-order valence-corrected chi connectivity index (χ4v) is 5.74. The van der Waals surface area contributed by atoms with Crippen molar-refractivity contribution in [2.75, 3.05) is 11.3 Å². The monoisotopic (exact) mass is 640 g/mol. The third-order valence-corrected chi connectivity index (χ3v) is 7.61.